The van der Waals surface area contributed by atoms with Crippen LogP contribution in [0.5, 0.6) is 0 Å². The number of carbonyl (C=O) groups is 2. The quantitative estimate of drug-likeness (QED) is 0.563. The second kappa shape index (κ2) is 5.55. The number of carbonyl (C=O) groups excluding carboxylic acids is 2. The Bertz CT molecular complexity index is 235. The van der Waals surface area contributed by atoms with Gasteiger partial charge in [-0.05, 0) is 20.8 Å². The summed E-state index contributed by atoms with van der Waals surface area (Å²) in [6.07, 6.45) is -1.33. The molecule has 0 aromatic heterocycles. The fourth-order valence-electron chi connectivity index (χ4n) is 0.794. The fraction of sp³-hybridized carbons (Fsp3) is 0.778. The minimum Gasteiger partial charge on any atom is -0.467 e. The lowest BCUT2D eigenvalue weighted by atomic mass is 10.1. The first kappa shape index (κ1) is 13.7. The molecular formula is C9H18N2O4. The third-order valence-corrected chi connectivity index (χ3v) is 1.42. The van der Waals surface area contributed by atoms with Crippen molar-refractivity contribution in [1.82, 2.24) is 10.6 Å². The van der Waals surface area contributed by atoms with E-state index in [4.69, 9.17) is 5.11 Å². The van der Waals surface area contributed by atoms with E-state index in [0.29, 0.717) is 0 Å². The van der Waals surface area contributed by atoms with Gasteiger partial charge in [-0.2, -0.15) is 0 Å². The number of esters is 1. The molecule has 0 fully saturated rings. The van der Waals surface area contributed by atoms with E-state index in [1.54, 1.807) is 0 Å². The summed E-state index contributed by atoms with van der Waals surface area (Å²) in [5.41, 5.74) is -0.361. The molecule has 6 heteroatoms. The smallest absolute Gasteiger partial charge is 0.336 e. The van der Waals surface area contributed by atoms with Gasteiger partial charge in [0.15, 0.2) is 6.10 Å². The first-order valence-corrected chi connectivity index (χ1v) is 4.58. The number of ether oxygens (including phenoxy) is 1. The van der Waals surface area contributed by atoms with Gasteiger partial charge in [0.05, 0.1) is 13.7 Å². The van der Waals surface area contributed by atoms with Crippen molar-refractivity contribution in [2.45, 2.75) is 32.4 Å². The Morgan fingerprint density at radius 3 is 2.33 bits per heavy atom. The van der Waals surface area contributed by atoms with Crippen molar-refractivity contribution in [3.05, 3.63) is 0 Å². The zero-order chi connectivity index (χ0) is 12.1. The van der Waals surface area contributed by atoms with Gasteiger partial charge in [0.2, 0.25) is 0 Å². The van der Waals surface area contributed by atoms with Gasteiger partial charge in [0.1, 0.15) is 0 Å². The van der Waals surface area contributed by atoms with Crippen LogP contribution in [-0.4, -0.2) is 42.4 Å². The van der Waals surface area contributed by atoms with Crippen molar-refractivity contribution >= 4 is 12.0 Å². The van der Waals surface area contributed by atoms with E-state index >= 15 is 0 Å². The van der Waals surface area contributed by atoms with Crippen molar-refractivity contribution in [2.24, 2.45) is 0 Å². The van der Waals surface area contributed by atoms with Gasteiger partial charge in [0, 0.05) is 5.54 Å². The number of amides is 2. The van der Waals surface area contributed by atoms with Crippen molar-refractivity contribution in [2.75, 3.05) is 13.7 Å². The predicted octanol–water partition coefficient (Wildman–Crippen LogP) is -0.382. The molecule has 1 unspecified atom stereocenters. The molecule has 0 saturated carbocycles. The Hall–Kier alpha value is -1.30. The highest BCUT2D eigenvalue weighted by molar-refractivity contribution is 5.77. The molecule has 0 heterocycles. The largest absolute Gasteiger partial charge is 0.467 e. The van der Waals surface area contributed by atoms with E-state index < -0.39 is 18.1 Å². The van der Waals surface area contributed by atoms with Crippen LogP contribution in [0.4, 0.5) is 4.79 Å². The highest BCUT2D eigenvalue weighted by atomic mass is 16.5. The molecule has 0 bridgehead atoms. The summed E-state index contributed by atoms with van der Waals surface area (Å²) in [6, 6.07) is -0.439. The number of hydrogen-bond acceptors (Lipinski definition) is 4. The van der Waals surface area contributed by atoms with Crippen LogP contribution in [0.2, 0.25) is 0 Å². The van der Waals surface area contributed by atoms with Crippen molar-refractivity contribution in [1.29, 1.82) is 0 Å². The highest BCUT2D eigenvalue weighted by Crippen LogP contribution is 1.97. The third kappa shape index (κ3) is 6.73. The first-order chi connectivity index (χ1) is 6.76. The second-order valence-electron chi connectivity index (χ2n) is 4.12. The summed E-state index contributed by atoms with van der Waals surface area (Å²) >= 11 is 0. The number of aliphatic hydroxyl groups is 1. The van der Waals surface area contributed by atoms with Crippen LogP contribution < -0.4 is 10.6 Å². The van der Waals surface area contributed by atoms with Crippen molar-refractivity contribution in [3.63, 3.8) is 0 Å². The highest BCUT2D eigenvalue weighted by Gasteiger charge is 2.18. The maximum absolute atomic E-state index is 11.2. The molecule has 88 valence electrons. The first-order valence-electron chi connectivity index (χ1n) is 4.58. The lowest BCUT2D eigenvalue weighted by Gasteiger charge is -2.21. The molecule has 2 amide bonds. The van der Waals surface area contributed by atoms with Crippen LogP contribution in [0, 0.1) is 0 Å². The minimum atomic E-state index is -1.33. The molecule has 15 heavy (non-hydrogen) atoms. The maximum atomic E-state index is 11.2. The van der Waals surface area contributed by atoms with E-state index in [-0.39, 0.29) is 12.1 Å². The van der Waals surface area contributed by atoms with Crippen LogP contribution in [0.15, 0.2) is 0 Å². The maximum Gasteiger partial charge on any atom is 0.336 e. The van der Waals surface area contributed by atoms with Crippen LogP contribution >= 0.6 is 0 Å². The molecule has 0 saturated heterocycles. The third-order valence-electron chi connectivity index (χ3n) is 1.42. The Morgan fingerprint density at radius 1 is 1.40 bits per heavy atom. The van der Waals surface area contributed by atoms with Gasteiger partial charge < -0.3 is 20.5 Å². The monoisotopic (exact) mass is 218 g/mol. The normalized spacial score (nSPS) is 12.9. The topological polar surface area (TPSA) is 87.7 Å². The molecule has 0 aromatic carbocycles. The Balaban J connectivity index is 3.86. The number of methoxy groups -OCH3 is 1. The van der Waals surface area contributed by atoms with Gasteiger partial charge in [-0.3, -0.25) is 0 Å². The van der Waals surface area contributed by atoms with Gasteiger partial charge in [-0.25, -0.2) is 9.59 Å². The number of urea groups is 1. The molecule has 1 atom stereocenters. The standard InChI is InChI=1S/C9H18N2O4/c1-9(2,3)11-8(14)10-5-6(12)7(13)15-4/h6,12H,5H2,1-4H3,(H2,10,11,14). The lowest BCUT2D eigenvalue weighted by molar-refractivity contribution is -0.149. The van der Waals surface area contributed by atoms with Crippen molar-refractivity contribution < 1.29 is 19.4 Å². The summed E-state index contributed by atoms with van der Waals surface area (Å²) in [4.78, 5) is 22.0. The minimum absolute atomic E-state index is 0.172. The average Bonchev–Trinajstić information content (AvgIpc) is 2.10. The van der Waals surface area contributed by atoms with Crippen LogP contribution in [-0.2, 0) is 9.53 Å². The second-order valence-corrected chi connectivity index (χ2v) is 4.12. The number of aliphatic hydroxyl groups excluding tert-OH is 1. The van der Waals surface area contributed by atoms with E-state index in [1.165, 1.54) is 7.11 Å². The SMILES string of the molecule is COC(=O)C(O)CNC(=O)NC(C)(C)C. The summed E-state index contributed by atoms with van der Waals surface area (Å²) < 4.78 is 4.28. The summed E-state index contributed by atoms with van der Waals surface area (Å²) in [5.74, 6) is -0.772. The van der Waals surface area contributed by atoms with Gasteiger partial charge >= 0.3 is 12.0 Å². The molecule has 0 spiro atoms. The molecule has 0 radical (unpaired) electrons. The van der Waals surface area contributed by atoms with E-state index in [9.17, 15) is 9.59 Å². The molecule has 0 aliphatic carbocycles. The molecule has 6 nitrogen and oxygen atoms in total. The van der Waals surface area contributed by atoms with Crippen LogP contribution in [0.3, 0.4) is 0 Å². The van der Waals surface area contributed by atoms with Crippen LogP contribution in [0.1, 0.15) is 20.8 Å². The van der Waals surface area contributed by atoms with E-state index in [2.05, 4.69) is 15.4 Å². The molecule has 0 aliphatic rings. The average molecular weight is 218 g/mol. The van der Waals surface area contributed by atoms with Crippen molar-refractivity contribution in [3.8, 4) is 0 Å². The van der Waals surface area contributed by atoms with Crippen LogP contribution in [0.25, 0.3) is 0 Å². The summed E-state index contributed by atoms with van der Waals surface area (Å²) in [5, 5.41) is 14.1. The zero-order valence-electron chi connectivity index (χ0n) is 9.46. The summed E-state index contributed by atoms with van der Waals surface area (Å²) in [6.45, 7) is 5.30. The van der Waals surface area contributed by atoms with Gasteiger partial charge in [-0.1, -0.05) is 0 Å². The van der Waals surface area contributed by atoms with Gasteiger partial charge in [0.25, 0.3) is 0 Å². The molecule has 0 aliphatic heterocycles. The fourth-order valence-corrected chi connectivity index (χ4v) is 0.794. The number of rotatable bonds is 3. The van der Waals surface area contributed by atoms with Gasteiger partial charge in [-0.15, -0.1) is 0 Å². The summed E-state index contributed by atoms with van der Waals surface area (Å²) in [7, 11) is 1.17. The molecule has 0 aromatic rings. The zero-order valence-corrected chi connectivity index (χ0v) is 9.46. The Kier molecular flexibility index (Phi) is 5.07. The molecular weight excluding hydrogens is 200 g/mol. The predicted molar refractivity (Wildman–Crippen MR) is 54.3 cm³/mol. The molecule has 0 rings (SSSR count). The number of hydrogen-bond donors (Lipinski definition) is 3. The van der Waals surface area contributed by atoms with E-state index in [0.717, 1.165) is 0 Å². The lowest BCUT2D eigenvalue weighted by Crippen LogP contribution is -2.49. The Morgan fingerprint density at radius 2 is 1.93 bits per heavy atom. The Labute approximate surface area is 89.0 Å². The van der Waals surface area contributed by atoms with E-state index in [1.807, 2.05) is 20.8 Å². The number of nitrogens with one attached hydrogen (secondary N) is 2. The molecule has 3 N–H and O–H groups in total.